The van der Waals surface area contributed by atoms with Gasteiger partial charge in [-0.2, -0.15) is 4.39 Å². The second-order valence-corrected chi connectivity index (χ2v) is 6.82. The van der Waals surface area contributed by atoms with E-state index in [1.807, 2.05) is 0 Å². The average molecular weight is 365 g/mol. The molecule has 1 unspecified atom stereocenters. The molecular weight excluding hydrogens is 342 g/mol. The van der Waals surface area contributed by atoms with Crippen molar-refractivity contribution in [2.75, 3.05) is 6.61 Å². The molecule has 3 nitrogen and oxygen atoms in total. The Morgan fingerprint density at radius 1 is 1.26 bits per heavy atom. The minimum atomic E-state index is -2.60. The van der Waals surface area contributed by atoms with Crippen molar-refractivity contribution in [3.05, 3.63) is 28.2 Å². The molecule has 1 rings (SSSR count). The molecular formula is C17H23Cl2FO3. The second kappa shape index (κ2) is 9.33. The largest absolute Gasteiger partial charge is 0.461 e. The summed E-state index contributed by atoms with van der Waals surface area (Å²) in [5, 5.41) is 0.523. The number of unbranched alkanes of at least 4 members (excludes halogenated alkanes) is 2. The summed E-state index contributed by atoms with van der Waals surface area (Å²) in [6, 6.07) is 4.31. The lowest BCUT2D eigenvalue weighted by Gasteiger charge is -2.21. The number of hydrogen-bond acceptors (Lipinski definition) is 3. The third kappa shape index (κ3) is 7.40. The van der Waals surface area contributed by atoms with Crippen LogP contribution in [0.5, 0.6) is 5.75 Å². The summed E-state index contributed by atoms with van der Waals surface area (Å²) in [7, 11) is 0. The highest BCUT2D eigenvalue weighted by molar-refractivity contribution is 6.35. The Balaban J connectivity index is 2.41. The van der Waals surface area contributed by atoms with Crippen molar-refractivity contribution in [3.63, 3.8) is 0 Å². The van der Waals surface area contributed by atoms with E-state index < -0.39 is 11.8 Å². The zero-order chi connectivity index (χ0) is 17.5. The summed E-state index contributed by atoms with van der Waals surface area (Å²) >= 11 is 11.7. The molecule has 0 spiro atoms. The third-order valence-electron chi connectivity index (χ3n) is 3.22. The van der Waals surface area contributed by atoms with E-state index in [2.05, 4.69) is 13.8 Å². The Morgan fingerprint density at radius 3 is 2.57 bits per heavy atom. The Bertz CT molecular complexity index is 519. The monoisotopic (exact) mass is 364 g/mol. The Kier molecular flexibility index (Phi) is 8.13. The van der Waals surface area contributed by atoms with Gasteiger partial charge in [0.2, 0.25) is 0 Å². The fourth-order valence-corrected chi connectivity index (χ4v) is 2.38. The third-order valence-corrected chi connectivity index (χ3v) is 3.75. The van der Waals surface area contributed by atoms with Crippen LogP contribution in [0.25, 0.3) is 0 Å². The van der Waals surface area contributed by atoms with Crippen molar-refractivity contribution in [1.82, 2.24) is 0 Å². The van der Waals surface area contributed by atoms with E-state index in [0.29, 0.717) is 17.4 Å². The van der Waals surface area contributed by atoms with Crippen LogP contribution in [0.3, 0.4) is 0 Å². The van der Waals surface area contributed by atoms with Crippen molar-refractivity contribution >= 4 is 29.2 Å². The SMILES string of the molecule is CC(C)CCCCCOC(=O)C(C)(F)Oc1ccc(Cl)cc1Cl. The van der Waals surface area contributed by atoms with Gasteiger partial charge in [-0.05, 0) is 30.5 Å². The van der Waals surface area contributed by atoms with Gasteiger partial charge < -0.3 is 9.47 Å². The highest BCUT2D eigenvalue weighted by Gasteiger charge is 2.38. The molecule has 0 aliphatic rings. The molecule has 0 aliphatic heterocycles. The molecule has 1 atom stereocenters. The molecule has 0 bridgehead atoms. The molecule has 1 aromatic carbocycles. The summed E-state index contributed by atoms with van der Waals surface area (Å²) in [4.78, 5) is 11.8. The van der Waals surface area contributed by atoms with Crippen LogP contribution < -0.4 is 4.74 Å². The first-order valence-corrected chi connectivity index (χ1v) is 8.48. The quantitative estimate of drug-likeness (QED) is 0.409. The number of alkyl halides is 1. The number of esters is 1. The predicted molar refractivity (Wildman–Crippen MR) is 90.9 cm³/mol. The zero-order valence-corrected chi connectivity index (χ0v) is 15.2. The molecule has 1 aromatic rings. The zero-order valence-electron chi connectivity index (χ0n) is 13.7. The molecule has 130 valence electrons. The van der Waals surface area contributed by atoms with Crippen LogP contribution in [-0.2, 0) is 9.53 Å². The van der Waals surface area contributed by atoms with Crippen LogP contribution >= 0.6 is 23.2 Å². The molecule has 0 amide bonds. The lowest BCUT2D eigenvalue weighted by Crippen LogP contribution is -2.38. The minimum absolute atomic E-state index is 0.0370. The van der Waals surface area contributed by atoms with E-state index >= 15 is 0 Å². The number of benzene rings is 1. The summed E-state index contributed by atoms with van der Waals surface area (Å²) in [6.07, 6.45) is 3.85. The molecule has 6 heteroatoms. The van der Waals surface area contributed by atoms with Gasteiger partial charge in [0.25, 0.3) is 0 Å². The Morgan fingerprint density at radius 2 is 1.96 bits per heavy atom. The number of halogens is 3. The number of hydrogen-bond donors (Lipinski definition) is 0. The van der Waals surface area contributed by atoms with Gasteiger partial charge in [-0.25, -0.2) is 4.79 Å². The van der Waals surface area contributed by atoms with Gasteiger partial charge in [-0.1, -0.05) is 56.3 Å². The smallest absolute Gasteiger partial charge is 0.384 e. The van der Waals surface area contributed by atoms with Crippen molar-refractivity contribution in [1.29, 1.82) is 0 Å². The first-order chi connectivity index (χ1) is 10.7. The maximum Gasteiger partial charge on any atom is 0.384 e. The second-order valence-electron chi connectivity index (χ2n) is 5.97. The molecule has 0 heterocycles. The maximum atomic E-state index is 14.3. The Hall–Kier alpha value is -1.000. The van der Waals surface area contributed by atoms with Gasteiger partial charge in [0, 0.05) is 11.9 Å². The van der Waals surface area contributed by atoms with Gasteiger partial charge in [0.1, 0.15) is 5.75 Å². The maximum absolute atomic E-state index is 14.3. The van der Waals surface area contributed by atoms with Crippen molar-refractivity contribution < 1.29 is 18.7 Å². The van der Waals surface area contributed by atoms with Crippen molar-refractivity contribution in [2.45, 2.75) is 52.3 Å². The van der Waals surface area contributed by atoms with Gasteiger partial charge in [-0.15, -0.1) is 0 Å². The molecule has 0 fully saturated rings. The van der Waals surface area contributed by atoms with Gasteiger partial charge in [0.15, 0.2) is 0 Å². The standard InChI is InChI=1S/C17H23Cl2FO3/c1-12(2)7-5-4-6-10-22-16(21)17(3,20)23-15-9-8-13(18)11-14(15)19/h8-9,11-12H,4-7,10H2,1-3H3. The number of carbonyl (C=O) groups is 1. The summed E-state index contributed by atoms with van der Waals surface area (Å²) in [5.41, 5.74) is 0. The Labute approximate surface area is 147 Å². The number of rotatable bonds is 9. The summed E-state index contributed by atoms with van der Waals surface area (Å²) in [5.74, 6) is -2.97. The van der Waals surface area contributed by atoms with Crippen LogP contribution in [0.15, 0.2) is 18.2 Å². The van der Waals surface area contributed by atoms with E-state index in [0.717, 1.165) is 26.2 Å². The molecule has 0 aliphatic carbocycles. The van der Waals surface area contributed by atoms with Crippen LogP contribution in [-0.4, -0.2) is 18.4 Å². The molecule has 23 heavy (non-hydrogen) atoms. The molecule has 0 aromatic heterocycles. The average Bonchev–Trinajstić information content (AvgIpc) is 2.45. The van der Waals surface area contributed by atoms with Crippen LogP contribution in [0.4, 0.5) is 4.39 Å². The normalized spacial score (nSPS) is 13.7. The lowest BCUT2D eigenvalue weighted by atomic mass is 10.1. The topological polar surface area (TPSA) is 35.5 Å². The first kappa shape index (κ1) is 20.0. The highest BCUT2D eigenvalue weighted by atomic mass is 35.5. The summed E-state index contributed by atoms with van der Waals surface area (Å²) < 4.78 is 24.3. The van der Waals surface area contributed by atoms with E-state index in [1.165, 1.54) is 18.2 Å². The van der Waals surface area contributed by atoms with E-state index in [4.69, 9.17) is 32.7 Å². The molecule has 0 saturated carbocycles. The van der Waals surface area contributed by atoms with Crippen molar-refractivity contribution in [2.24, 2.45) is 5.92 Å². The molecule has 0 radical (unpaired) electrons. The van der Waals surface area contributed by atoms with E-state index in [1.54, 1.807) is 0 Å². The van der Waals surface area contributed by atoms with Gasteiger partial charge in [-0.3, -0.25) is 0 Å². The minimum Gasteiger partial charge on any atom is -0.461 e. The summed E-state index contributed by atoms with van der Waals surface area (Å²) in [6.45, 7) is 5.49. The van der Waals surface area contributed by atoms with Crippen molar-refractivity contribution in [3.8, 4) is 5.75 Å². The van der Waals surface area contributed by atoms with E-state index in [9.17, 15) is 9.18 Å². The molecule has 0 N–H and O–H groups in total. The number of ether oxygens (including phenoxy) is 2. The van der Waals surface area contributed by atoms with Crippen LogP contribution in [0.1, 0.15) is 46.5 Å². The predicted octanol–water partition coefficient (Wildman–Crippen LogP) is 5.82. The lowest BCUT2D eigenvalue weighted by molar-refractivity contribution is -0.177. The fourth-order valence-electron chi connectivity index (χ4n) is 1.93. The number of carbonyl (C=O) groups excluding carboxylic acids is 1. The van der Waals surface area contributed by atoms with Crippen LogP contribution in [0.2, 0.25) is 10.0 Å². The highest BCUT2D eigenvalue weighted by Crippen LogP contribution is 2.31. The first-order valence-electron chi connectivity index (χ1n) is 7.72. The van der Waals surface area contributed by atoms with E-state index in [-0.39, 0.29) is 17.4 Å². The van der Waals surface area contributed by atoms with Gasteiger partial charge in [0.05, 0.1) is 11.6 Å². The van der Waals surface area contributed by atoms with Gasteiger partial charge >= 0.3 is 11.8 Å². The fraction of sp³-hybridized carbons (Fsp3) is 0.588. The molecule has 0 saturated heterocycles. The van der Waals surface area contributed by atoms with Crippen LogP contribution in [0, 0.1) is 5.92 Å².